The van der Waals surface area contributed by atoms with Crippen LogP contribution in [0.5, 0.6) is 0 Å². The minimum Gasteiger partial charge on any atom is -0.465 e. The molecule has 5 nitrogen and oxygen atoms in total. The van der Waals surface area contributed by atoms with Gasteiger partial charge in [0.1, 0.15) is 0 Å². The summed E-state index contributed by atoms with van der Waals surface area (Å²) in [4.78, 5) is 10.9. The van der Waals surface area contributed by atoms with Gasteiger partial charge in [0, 0.05) is 18.7 Å². The van der Waals surface area contributed by atoms with Crippen molar-refractivity contribution in [3.8, 4) is 0 Å². The molecule has 0 aromatic carbocycles. The Hall–Kier alpha value is -0.593. The highest BCUT2D eigenvalue weighted by atomic mass is 28.4. The maximum Gasteiger partial charge on any atom is 0.404 e. The van der Waals surface area contributed by atoms with Crippen molar-refractivity contribution < 1.29 is 14.3 Å². The molecule has 1 saturated carbocycles. The maximum absolute atomic E-state index is 10.9. The van der Waals surface area contributed by atoms with Crippen molar-refractivity contribution in [1.29, 1.82) is 0 Å². The van der Waals surface area contributed by atoms with E-state index in [4.69, 9.17) is 9.53 Å². The molecule has 1 atom stereocenters. The third-order valence-electron chi connectivity index (χ3n) is 5.46. The summed E-state index contributed by atoms with van der Waals surface area (Å²) in [6.45, 7) is 12.2. The molecule has 0 unspecified atom stereocenters. The SMILES string of the molecule is CNC[C@H](CC1CCC(O[Si](C)(C)C(C)(C)C)CC1)NC(=O)O. The van der Waals surface area contributed by atoms with Gasteiger partial charge in [0.05, 0.1) is 0 Å². The highest BCUT2D eigenvalue weighted by Gasteiger charge is 2.39. The predicted molar refractivity (Wildman–Crippen MR) is 97.5 cm³/mol. The number of rotatable bonds is 7. The Morgan fingerprint density at radius 2 is 1.83 bits per heavy atom. The highest BCUT2D eigenvalue weighted by Crippen LogP contribution is 2.40. The van der Waals surface area contributed by atoms with Gasteiger partial charge in [-0.25, -0.2) is 4.79 Å². The molecule has 0 heterocycles. The first kappa shape index (κ1) is 20.5. The van der Waals surface area contributed by atoms with Crippen LogP contribution < -0.4 is 10.6 Å². The summed E-state index contributed by atoms with van der Waals surface area (Å²) in [5.74, 6) is 0.597. The van der Waals surface area contributed by atoms with Crippen LogP contribution in [0.1, 0.15) is 52.9 Å². The summed E-state index contributed by atoms with van der Waals surface area (Å²) in [7, 11) is 0.181. The zero-order chi connectivity index (χ0) is 17.7. The third-order valence-corrected chi connectivity index (χ3v) is 9.99. The summed E-state index contributed by atoms with van der Waals surface area (Å²) in [5, 5.41) is 14.9. The van der Waals surface area contributed by atoms with Crippen LogP contribution in [0.2, 0.25) is 18.1 Å². The first-order valence-electron chi connectivity index (χ1n) is 8.87. The van der Waals surface area contributed by atoms with Crippen LogP contribution in [0.15, 0.2) is 0 Å². The molecule has 3 N–H and O–H groups in total. The van der Waals surface area contributed by atoms with E-state index >= 15 is 0 Å². The van der Waals surface area contributed by atoms with E-state index in [0.29, 0.717) is 18.6 Å². The quantitative estimate of drug-likeness (QED) is 0.614. The van der Waals surface area contributed by atoms with Gasteiger partial charge in [0.25, 0.3) is 0 Å². The van der Waals surface area contributed by atoms with E-state index in [1.807, 2.05) is 7.05 Å². The molecule has 0 aromatic rings. The summed E-state index contributed by atoms with van der Waals surface area (Å²) in [6.07, 6.45) is 4.87. The topological polar surface area (TPSA) is 70.6 Å². The van der Waals surface area contributed by atoms with Gasteiger partial charge in [-0.3, -0.25) is 0 Å². The molecule has 0 bridgehead atoms. The minimum absolute atomic E-state index is 0.000333. The van der Waals surface area contributed by atoms with Crippen LogP contribution in [0.25, 0.3) is 0 Å². The molecule has 1 aliphatic carbocycles. The molecule has 136 valence electrons. The van der Waals surface area contributed by atoms with E-state index in [2.05, 4.69) is 44.5 Å². The lowest BCUT2D eigenvalue weighted by Gasteiger charge is -2.41. The number of nitrogens with one attached hydrogen (secondary N) is 2. The fourth-order valence-corrected chi connectivity index (χ4v) is 4.52. The fraction of sp³-hybridized carbons (Fsp3) is 0.941. The van der Waals surface area contributed by atoms with E-state index in [-0.39, 0.29) is 11.1 Å². The molecule has 0 saturated heterocycles. The van der Waals surface area contributed by atoms with Crippen molar-refractivity contribution in [3.63, 3.8) is 0 Å². The molecule has 0 spiro atoms. The van der Waals surface area contributed by atoms with Crippen molar-refractivity contribution in [3.05, 3.63) is 0 Å². The molecule has 1 fully saturated rings. The van der Waals surface area contributed by atoms with Gasteiger partial charge in [0.2, 0.25) is 0 Å². The van der Waals surface area contributed by atoms with Gasteiger partial charge in [-0.15, -0.1) is 0 Å². The van der Waals surface area contributed by atoms with Crippen LogP contribution in [0.4, 0.5) is 4.79 Å². The van der Waals surface area contributed by atoms with Gasteiger partial charge in [-0.1, -0.05) is 20.8 Å². The second kappa shape index (κ2) is 8.49. The Morgan fingerprint density at radius 3 is 2.26 bits per heavy atom. The fourth-order valence-electron chi connectivity index (χ4n) is 3.10. The van der Waals surface area contributed by atoms with Crippen LogP contribution in [-0.2, 0) is 4.43 Å². The average Bonchev–Trinajstić information content (AvgIpc) is 2.39. The predicted octanol–water partition coefficient (Wildman–Crippen LogP) is 3.81. The zero-order valence-corrected chi connectivity index (χ0v) is 16.7. The zero-order valence-electron chi connectivity index (χ0n) is 15.7. The van der Waals surface area contributed by atoms with E-state index in [0.717, 1.165) is 32.1 Å². The van der Waals surface area contributed by atoms with Crippen molar-refractivity contribution >= 4 is 14.4 Å². The summed E-state index contributed by atoms with van der Waals surface area (Å²) in [5.41, 5.74) is 0. The highest BCUT2D eigenvalue weighted by molar-refractivity contribution is 6.74. The number of amides is 1. The van der Waals surface area contributed by atoms with E-state index < -0.39 is 14.4 Å². The number of carbonyl (C=O) groups is 1. The van der Waals surface area contributed by atoms with Gasteiger partial charge in [-0.2, -0.15) is 0 Å². The molecular formula is C17H36N2O3Si. The van der Waals surface area contributed by atoms with Gasteiger partial charge < -0.3 is 20.2 Å². The number of hydrogen-bond donors (Lipinski definition) is 3. The molecule has 1 rings (SSSR count). The smallest absolute Gasteiger partial charge is 0.404 e. The van der Waals surface area contributed by atoms with Gasteiger partial charge in [-0.05, 0) is 63.2 Å². The number of likely N-dealkylation sites (N-methyl/N-ethyl adjacent to an activating group) is 1. The van der Waals surface area contributed by atoms with Crippen LogP contribution in [0.3, 0.4) is 0 Å². The first-order valence-corrected chi connectivity index (χ1v) is 11.8. The largest absolute Gasteiger partial charge is 0.465 e. The molecule has 23 heavy (non-hydrogen) atoms. The Morgan fingerprint density at radius 1 is 1.26 bits per heavy atom. The molecular weight excluding hydrogens is 308 g/mol. The molecule has 6 heteroatoms. The number of carboxylic acid groups (broad SMARTS) is 1. The lowest BCUT2D eigenvalue weighted by molar-refractivity contribution is 0.110. The standard InChI is InChI=1S/C17H36N2O3Si/c1-17(2,3)23(5,6)22-15-9-7-13(8-10-15)11-14(12-18-4)19-16(20)21/h13-15,18-19H,7-12H2,1-6H3,(H,20,21)/t13?,14-,15?/m0/s1. The molecule has 0 aliphatic heterocycles. The van der Waals surface area contributed by atoms with Crippen molar-refractivity contribution in [2.24, 2.45) is 5.92 Å². The third kappa shape index (κ3) is 6.81. The Kier molecular flexibility index (Phi) is 7.55. The Bertz CT molecular complexity index is 375. The van der Waals surface area contributed by atoms with E-state index in [1.54, 1.807) is 0 Å². The molecule has 0 radical (unpaired) electrons. The maximum atomic E-state index is 10.9. The minimum atomic E-state index is -1.68. The lowest BCUT2D eigenvalue weighted by atomic mass is 9.83. The second-order valence-corrected chi connectivity index (χ2v) is 13.2. The monoisotopic (exact) mass is 344 g/mol. The van der Waals surface area contributed by atoms with Crippen LogP contribution in [-0.4, -0.2) is 45.3 Å². The van der Waals surface area contributed by atoms with Crippen molar-refractivity contribution in [2.75, 3.05) is 13.6 Å². The van der Waals surface area contributed by atoms with Crippen LogP contribution >= 0.6 is 0 Å². The summed E-state index contributed by atoms with van der Waals surface area (Å²) >= 11 is 0. The van der Waals surface area contributed by atoms with Gasteiger partial charge >= 0.3 is 6.09 Å². The summed E-state index contributed by atoms with van der Waals surface area (Å²) < 4.78 is 6.53. The van der Waals surface area contributed by atoms with Crippen molar-refractivity contribution in [1.82, 2.24) is 10.6 Å². The Balaban J connectivity index is 2.44. The van der Waals surface area contributed by atoms with Crippen molar-refractivity contribution in [2.45, 2.75) is 83.2 Å². The first-order chi connectivity index (χ1) is 10.5. The molecule has 0 aromatic heterocycles. The van der Waals surface area contributed by atoms with Gasteiger partial charge in [0.15, 0.2) is 8.32 Å². The molecule has 1 amide bonds. The Labute approximate surface area is 142 Å². The second-order valence-electron chi connectivity index (χ2n) is 8.46. The van der Waals surface area contributed by atoms with E-state index in [1.165, 1.54) is 0 Å². The van der Waals surface area contributed by atoms with E-state index in [9.17, 15) is 4.79 Å². The summed E-state index contributed by atoms with van der Waals surface area (Å²) in [6, 6.07) is 0.000333. The number of hydrogen-bond acceptors (Lipinski definition) is 3. The lowest BCUT2D eigenvalue weighted by Crippen LogP contribution is -2.45. The average molecular weight is 345 g/mol. The normalized spacial score (nSPS) is 24.3. The molecule has 1 aliphatic rings. The van der Waals surface area contributed by atoms with Crippen LogP contribution in [0, 0.1) is 5.92 Å².